The molecule has 0 saturated carbocycles. The summed E-state index contributed by atoms with van der Waals surface area (Å²) in [6.07, 6.45) is 1.84. The maximum absolute atomic E-state index is 12.0. The van der Waals surface area contributed by atoms with Gasteiger partial charge in [0.2, 0.25) is 0 Å². The highest BCUT2D eigenvalue weighted by Gasteiger charge is 2.19. The second-order valence-electron chi connectivity index (χ2n) is 6.83. The SMILES string of the molecule is COc1ccc2c(CN3CCN(Cc4ccccn4)CC3)cc(=O)oc2c1. The van der Waals surface area contributed by atoms with Crippen LogP contribution in [0, 0.1) is 0 Å². The molecule has 0 N–H and O–H groups in total. The molecule has 0 bridgehead atoms. The van der Waals surface area contributed by atoms with E-state index in [1.807, 2.05) is 30.5 Å². The van der Waals surface area contributed by atoms with Gasteiger partial charge in [0.15, 0.2) is 0 Å². The first-order chi connectivity index (χ1) is 13.2. The Morgan fingerprint density at radius 3 is 2.52 bits per heavy atom. The van der Waals surface area contributed by atoms with E-state index in [0.717, 1.165) is 55.9 Å². The Kier molecular flexibility index (Phi) is 5.18. The molecule has 1 aromatic carbocycles. The molecule has 0 aliphatic carbocycles. The number of methoxy groups -OCH3 is 1. The minimum absolute atomic E-state index is 0.320. The van der Waals surface area contributed by atoms with Gasteiger partial charge >= 0.3 is 5.63 Å². The molecule has 0 radical (unpaired) electrons. The Morgan fingerprint density at radius 2 is 1.81 bits per heavy atom. The van der Waals surface area contributed by atoms with E-state index in [0.29, 0.717) is 11.3 Å². The summed E-state index contributed by atoms with van der Waals surface area (Å²) >= 11 is 0. The minimum Gasteiger partial charge on any atom is -0.497 e. The molecule has 6 nitrogen and oxygen atoms in total. The number of rotatable bonds is 5. The Balaban J connectivity index is 1.44. The van der Waals surface area contributed by atoms with Crippen molar-refractivity contribution in [1.29, 1.82) is 0 Å². The van der Waals surface area contributed by atoms with E-state index >= 15 is 0 Å². The maximum Gasteiger partial charge on any atom is 0.336 e. The van der Waals surface area contributed by atoms with Gasteiger partial charge in [0.1, 0.15) is 11.3 Å². The molecule has 1 aliphatic rings. The Bertz CT molecular complexity index is 963. The van der Waals surface area contributed by atoms with Crippen LogP contribution in [0.15, 0.2) is 57.9 Å². The molecule has 140 valence electrons. The molecular weight excluding hydrogens is 342 g/mol. The number of aromatic nitrogens is 1. The molecule has 0 unspecified atom stereocenters. The summed E-state index contributed by atoms with van der Waals surface area (Å²) in [5.74, 6) is 0.686. The number of hydrogen-bond donors (Lipinski definition) is 0. The van der Waals surface area contributed by atoms with Crippen LogP contribution in [0.25, 0.3) is 11.0 Å². The number of pyridine rings is 1. The second-order valence-corrected chi connectivity index (χ2v) is 6.83. The molecule has 1 fully saturated rings. The number of fused-ring (bicyclic) bond motifs is 1. The molecule has 0 spiro atoms. The first kappa shape index (κ1) is 17.7. The molecule has 3 heterocycles. The van der Waals surface area contributed by atoms with Gasteiger partial charge in [-0.3, -0.25) is 14.8 Å². The highest BCUT2D eigenvalue weighted by atomic mass is 16.5. The van der Waals surface area contributed by atoms with Crippen molar-refractivity contribution >= 4 is 11.0 Å². The number of piperazine rings is 1. The number of hydrogen-bond acceptors (Lipinski definition) is 6. The van der Waals surface area contributed by atoms with Crippen molar-refractivity contribution in [3.05, 3.63) is 70.3 Å². The average molecular weight is 365 g/mol. The van der Waals surface area contributed by atoms with Gasteiger partial charge in [0.25, 0.3) is 0 Å². The third-order valence-electron chi connectivity index (χ3n) is 5.01. The largest absolute Gasteiger partial charge is 0.497 e. The number of ether oxygens (including phenoxy) is 1. The third-order valence-corrected chi connectivity index (χ3v) is 5.01. The van der Waals surface area contributed by atoms with E-state index in [2.05, 4.69) is 20.9 Å². The van der Waals surface area contributed by atoms with E-state index in [9.17, 15) is 4.79 Å². The molecule has 0 amide bonds. The smallest absolute Gasteiger partial charge is 0.336 e. The van der Waals surface area contributed by atoms with Gasteiger partial charge in [-0.2, -0.15) is 0 Å². The molecule has 3 aromatic rings. The standard InChI is InChI=1S/C21H23N3O3/c1-26-18-5-6-19-16(12-21(25)27-20(19)13-18)14-23-8-10-24(11-9-23)15-17-4-2-3-7-22-17/h2-7,12-13H,8-11,14-15H2,1H3. The van der Waals surface area contributed by atoms with Crippen molar-refractivity contribution < 1.29 is 9.15 Å². The van der Waals surface area contributed by atoms with Crippen LogP contribution in [0.3, 0.4) is 0 Å². The normalized spacial score (nSPS) is 15.9. The van der Waals surface area contributed by atoms with Crippen LogP contribution in [0.4, 0.5) is 0 Å². The predicted octanol–water partition coefficient (Wildman–Crippen LogP) is 2.51. The molecule has 2 aromatic heterocycles. The molecule has 1 aliphatic heterocycles. The number of benzene rings is 1. The molecule has 4 rings (SSSR count). The summed E-state index contributed by atoms with van der Waals surface area (Å²) < 4.78 is 10.6. The lowest BCUT2D eigenvalue weighted by Gasteiger charge is -2.34. The van der Waals surface area contributed by atoms with E-state index < -0.39 is 0 Å². The van der Waals surface area contributed by atoms with Crippen molar-refractivity contribution in [2.45, 2.75) is 13.1 Å². The first-order valence-corrected chi connectivity index (χ1v) is 9.17. The lowest BCUT2D eigenvalue weighted by Crippen LogP contribution is -2.45. The summed E-state index contributed by atoms with van der Waals surface area (Å²) in [7, 11) is 1.60. The van der Waals surface area contributed by atoms with Gasteiger partial charge < -0.3 is 9.15 Å². The fourth-order valence-corrected chi connectivity index (χ4v) is 3.54. The summed E-state index contributed by atoms with van der Waals surface area (Å²) in [6.45, 7) is 5.53. The molecule has 0 atom stereocenters. The van der Waals surface area contributed by atoms with Crippen molar-refractivity contribution in [3.63, 3.8) is 0 Å². The van der Waals surface area contributed by atoms with E-state index in [4.69, 9.17) is 9.15 Å². The Morgan fingerprint density at radius 1 is 1.04 bits per heavy atom. The first-order valence-electron chi connectivity index (χ1n) is 9.17. The molecule has 1 saturated heterocycles. The monoisotopic (exact) mass is 365 g/mol. The quantitative estimate of drug-likeness (QED) is 0.648. The fraction of sp³-hybridized carbons (Fsp3) is 0.333. The zero-order valence-corrected chi connectivity index (χ0v) is 15.4. The van der Waals surface area contributed by atoms with Crippen LogP contribution in [-0.2, 0) is 13.1 Å². The highest BCUT2D eigenvalue weighted by molar-refractivity contribution is 5.81. The lowest BCUT2D eigenvalue weighted by molar-refractivity contribution is 0.121. The van der Waals surface area contributed by atoms with Crippen LogP contribution >= 0.6 is 0 Å². The van der Waals surface area contributed by atoms with E-state index in [1.165, 1.54) is 0 Å². The van der Waals surface area contributed by atoms with Crippen molar-refractivity contribution in [2.24, 2.45) is 0 Å². The van der Waals surface area contributed by atoms with Gasteiger partial charge in [0.05, 0.1) is 12.8 Å². The fourth-order valence-electron chi connectivity index (χ4n) is 3.54. The van der Waals surface area contributed by atoms with Crippen LogP contribution in [0.5, 0.6) is 5.75 Å². The molecule has 27 heavy (non-hydrogen) atoms. The van der Waals surface area contributed by atoms with Gasteiger partial charge in [-0.05, 0) is 29.8 Å². The van der Waals surface area contributed by atoms with E-state index in [-0.39, 0.29) is 5.63 Å². The van der Waals surface area contributed by atoms with E-state index in [1.54, 1.807) is 19.2 Å². The predicted molar refractivity (Wildman–Crippen MR) is 104 cm³/mol. The van der Waals surface area contributed by atoms with Gasteiger partial charge in [-0.1, -0.05) is 6.07 Å². The Hall–Kier alpha value is -2.70. The Labute approximate surface area is 158 Å². The van der Waals surface area contributed by atoms with Crippen molar-refractivity contribution in [3.8, 4) is 5.75 Å². The van der Waals surface area contributed by atoms with Crippen molar-refractivity contribution in [1.82, 2.24) is 14.8 Å². The second kappa shape index (κ2) is 7.90. The average Bonchev–Trinajstić information content (AvgIpc) is 2.69. The van der Waals surface area contributed by atoms with Gasteiger partial charge in [-0.25, -0.2) is 4.79 Å². The summed E-state index contributed by atoms with van der Waals surface area (Å²) in [5, 5.41) is 0.964. The number of nitrogens with zero attached hydrogens (tertiary/aromatic N) is 3. The summed E-state index contributed by atoms with van der Waals surface area (Å²) in [4.78, 5) is 21.2. The van der Waals surface area contributed by atoms with Crippen molar-refractivity contribution in [2.75, 3.05) is 33.3 Å². The van der Waals surface area contributed by atoms with Crippen LogP contribution in [0.1, 0.15) is 11.3 Å². The van der Waals surface area contributed by atoms with Crippen LogP contribution < -0.4 is 10.4 Å². The molecule has 6 heteroatoms. The van der Waals surface area contributed by atoms with Gasteiger partial charge in [0, 0.05) is 63.0 Å². The topological polar surface area (TPSA) is 58.8 Å². The lowest BCUT2D eigenvalue weighted by atomic mass is 10.1. The maximum atomic E-state index is 12.0. The highest BCUT2D eigenvalue weighted by Crippen LogP contribution is 2.23. The van der Waals surface area contributed by atoms with Gasteiger partial charge in [-0.15, -0.1) is 0 Å². The third kappa shape index (κ3) is 4.18. The molecular formula is C21H23N3O3. The minimum atomic E-state index is -0.320. The summed E-state index contributed by atoms with van der Waals surface area (Å²) in [6, 6.07) is 13.3. The zero-order valence-electron chi connectivity index (χ0n) is 15.4. The summed E-state index contributed by atoms with van der Waals surface area (Å²) in [5.41, 5.74) is 2.36. The zero-order chi connectivity index (χ0) is 18.6. The van der Waals surface area contributed by atoms with Crippen LogP contribution in [-0.4, -0.2) is 48.1 Å². The van der Waals surface area contributed by atoms with Crippen LogP contribution in [0.2, 0.25) is 0 Å².